The van der Waals surface area contributed by atoms with Gasteiger partial charge in [-0.05, 0) is 43.7 Å². The SMILES string of the molecule is COc1ccc([C@@H]2N(C(C)=O)[C@H](C)CN2S(=O)(=O)c2ccc(C)cc2)cc1. The number of methoxy groups -OCH3 is 1. The Kier molecular flexibility index (Phi) is 5.26. The third kappa shape index (κ3) is 3.57. The van der Waals surface area contributed by atoms with Crippen LogP contribution in [0.5, 0.6) is 5.75 Å². The fourth-order valence-corrected chi connectivity index (χ4v) is 5.14. The number of carbonyl (C=O) groups excluding carboxylic acids is 1. The van der Waals surface area contributed by atoms with Crippen molar-refractivity contribution in [3.05, 3.63) is 59.7 Å². The second-order valence-electron chi connectivity index (χ2n) is 6.81. The molecule has 144 valence electrons. The Balaban J connectivity index is 2.08. The minimum atomic E-state index is -3.76. The topological polar surface area (TPSA) is 66.9 Å². The highest BCUT2D eigenvalue weighted by Gasteiger charge is 2.45. The fraction of sp³-hybridized carbons (Fsp3) is 0.350. The van der Waals surface area contributed by atoms with Crippen molar-refractivity contribution in [3.8, 4) is 5.75 Å². The second-order valence-corrected chi connectivity index (χ2v) is 8.70. The van der Waals surface area contributed by atoms with Crippen LogP contribution in [-0.4, -0.2) is 43.2 Å². The third-order valence-electron chi connectivity index (χ3n) is 4.86. The number of sulfonamides is 1. The molecule has 3 rings (SSSR count). The average Bonchev–Trinajstić information content (AvgIpc) is 3.00. The Morgan fingerprint density at radius 1 is 1.07 bits per heavy atom. The molecule has 6 nitrogen and oxygen atoms in total. The lowest BCUT2D eigenvalue weighted by atomic mass is 10.1. The molecular formula is C20H24N2O4S. The molecule has 1 aliphatic rings. The van der Waals surface area contributed by atoms with Gasteiger partial charge in [0.2, 0.25) is 15.9 Å². The predicted octanol–water partition coefficient (Wildman–Crippen LogP) is 2.94. The smallest absolute Gasteiger partial charge is 0.245 e. The minimum absolute atomic E-state index is 0.162. The number of ether oxygens (including phenoxy) is 1. The highest BCUT2D eigenvalue weighted by atomic mass is 32.2. The van der Waals surface area contributed by atoms with Gasteiger partial charge in [-0.1, -0.05) is 29.8 Å². The highest BCUT2D eigenvalue weighted by Crippen LogP contribution is 2.38. The standard InChI is InChI=1S/C20H24N2O4S/c1-14-5-11-19(12-6-14)27(24,25)21-13-15(2)22(16(3)23)20(21)17-7-9-18(26-4)10-8-17/h5-12,15,20H,13H2,1-4H3/t15-,20+/m1/s1. The molecule has 2 atom stereocenters. The van der Waals surface area contributed by atoms with E-state index in [0.29, 0.717) is 5.75 Å². The number of hydrogen-bond acceptors (Lipinski definition) is 4. The lowest BCUT2D eigenvalue weighted by molar-refractivity contribution is -0.132. The number of amides is 1. The van der Waals surface area contributed by atoms with Crippen LogP contribution in [0.2, 0.25) is 0 Å². The number of rotatable bonds is 4. The molecule has 0 saturated carbocycles. The van der Waals surface area contributed by atoms with E-state index >= 15 is 0 Å². The first-order chi connectivity index (χ1) is 12.8. The lowest BCUT2D eigenvalue weighted by Gasteiger charge is -2.30. The van der Waals surface area contributed by atoms with Crippen LogP contribution in [0.1, 0.15) is 31.1 Å². The molecule has 0 unspecified atom stereocenters. The van der Waals surface area contributed by atoms with Crippen LogP contribution >= 0.6 is 0 Å². The fourth-order valence-electron chi connectivity index (χ4n) is 3.49. The van der Waals surface area contributed by atoms with E-state index < -0.39 is 16.2 Å². The molecule has 27 heavy (non-hydrogen) atoms. The average molecular weight is 388 g/mol. The molecule has 1 saturated heterocycles. The Labute approximate surface area is 160 Å². The molecule has 0 bridgehead atoms. The Morgan fingerprint density at radius 3 is 2.19 bits per heavy atom. The molecule has 0 N–H and O–H groups in total. The maximum absolute atomic E-state index is 13.3. The van der Waals surface area contributed by atoms with E-state index in [4.69, 9.17) is 4.74 Å². The zero-order valence-corrected chi connectivity index (χ0v) is 16.7. The molecule has 0 aliphatic carbocycles. The van der Waals surface area contributed by atoms with Crippen LogP contribution in [0.3, 0.4) is 0 Å². The Morgan fingerprint density at radius 2 is 1.67 bits per heavy atom. The van der Waals surface area contributed by atoms with Crippen LogP contribution in [0, 0.1) is 6.92 Å². The molecule has 0 radical (unpaired) electrons. The van der Waals surface area contributed by atoms with Crippen LogP contribution in [0.4, 0.5) is 0 Å². The molecule has 2 aromatic carbocycles. The van der Waals surface area contributed by atoms with Gasteiger partial charge < -0.3 is 9.64 Å². The van der Waals surface area contributed by atoms with Crippen LogP contribution in [-0.2, 0) is 14.8 Å². The van der Waals surface area contributed by atoms with Crippen molar-refractivity contribution in [3.63, 3.8) is 0 Å². The summed E-state index contributed by atoms with van der Waals surface area (Å²) >= 11 is 0. The molecule has 0 spiro atoms. The summed E-state index contributed by atoms with van der Waals surface area (Å²) in [6.07, 6.45) is -0.685. The molecule has 1 fully saturated rings. The first-order valence-electron chi connectivity index (χ1n) is 8.77. The van der Waals surface area contributed by atoms with Gasteiger partial charge in [-0.2, -0.15) is 4.31 Å². The molecule has 1 amide bonds. The van der Waals surface area contributed by atoms with Crippen LogP contribution < -0.4 is 4.74 Å². The molecule has 1 heterocycles. The number of nitrogens with zero attached hydrogens (tertiary/aromatic N) is 2. The summed E-state index contributed by atoms with van der Waals surface area (Å²) in [6, 6.07) is 13.7. The maximum Gasteiger partial charge on any atom is 0.245 e. The summed E-state index contributed by atoms with van der Waals surface area (Å²) in [5.74, 6) is 0.511. The Hall–Kier alpha value is -2.38. The van der Waals surface area contributed by atoms with E-state index in [2.05, 4.69) is 0 Å². The van der Waals surface area contributed by atoms with E-state index in [-0.39, 0.29) is 23.4 Å². The minimum Gasteiger partial charge on any atom is -0.497 e. The molecule has 2 aromatic rings. The largest absolute Gasteiger partial charge is 0.497 e. The number of hydrogen-bond donors (Lipinski definition) is 0. The van der Waals surface area contributed by atoms with Gasteiger partial charge in [-0.3, -0.25) is 4.79 Å². The quantitative estimate of drug-likeness (QED) is 0.808. The van der Waals surface area contributed by atoms with Crippen molar-refractivity contribution in [1.82, 2.24) is 9.21 Å². The van der Waals surface area contributed by atoms with Gasteiger partial charge in [0, 0.05) is 19.5 Å². The summed E-state index contributed by atoms with van der Waals surface area (Å²) in [4.78, 5) is 14.1. The maximum atomic E-state index is 13.3. The van der Waals surface area contributed by atoms with Gasteiger partial charge in [0.1, 0.15) is 11.9 Å². The lowest BCUT2D eigenvalue weighted by Crippen LogP contribution is -2.38. The Bertz CT molecular complexity index is 923. The monoisotopic (exact) mass is 388 g/mol. The normalized spacial score (nSPS) is 20.7. The van der Waals surface area contributed by atoms with Gasteiger partial charge in [0.05, 0.1) is 12.0 Å². The highest BCUT2D eigenvalue weighted by molar-refractivity contribution is 7.89. The van der Waals surface area contributed by atoms with E-state index in [1.807, 2.05) is 13.8 Å². The van der Waals surface area contributed by atoms with Crippen molar-refractivity contribution in [2.24, 2.45) is 0 Å². The summed E-state index contributed by atoms with van der Waals surface area (Å²) in [6.45, 7) is 5.48. The van der Waals surface area contributed by atoms with Crippen LogP contribution in [0.25, 0.3) is 0 Å². The van der Waals surface area contributed by atoms with Crippen molar-refractivity contribution in [2.45, 2.75) is 37.9 Å². The first kappa shape index (κ1) is 19.4. The van der Waals surface area contributed by atoms with E-state index in [9.17, 15) is 13.2 Å². The van der Waals surface area contributed by atoms with Crippen molar-refractivity contribution >= 4 is 15.9 Å². The zero-order chi connectivity index (χ0) is 19.8. The van der Waals surface area contributed by atoms with Gasteiger partial charge in [0.15, 0.2) is 0 Å². The summed E-state index contributed by atoms with van der Waals surface area (Å²) in [5.41, 5.74) is 1.71. The van der Waals surface area contributed by atoms with Crippen LogP contribution in [0.15, 0.2) is 53.4 Å². The summed E-state index contributed by atoms with van der Waals surface area (Å²) < 4.78 is 33.3. The predicted molar refractivity (Wildman–Crippen MR) is 103 cm³/mol. The van der Waals surface area contributed by atoms with Crippen molar-refractivity contribution in [2.75, 3.05) is 13.7 Å². The molecule has 1 aliphatic heterocycles. The first-order valence-corrected chi connectivity index (χ1v) is 10.2. The number of carbonyl (C=O) groups is 1. The van der Waals surface area contributed by atoms with Gasteiger partial charge in [-0.25, -0.2) is 8.42 Å². The van der Waals surface area contributed by atoms with Gasteiger partial charge >= 0.3 is 0 Å². The van der Waals surface area contributed by atoms with E-state index in [0.717, 1.165) is 11.1 Å². The molecular weight excluding hydrogens is 364 g/mol. The van der Waals surface area contributed by atoms with E-state index in [1.54, 1.807) is 60.5 Å². The third-order valence-corrected chi connectivity index (χ3v) is 6.69. The number of benzene rings is 2. The second kappa shape index (κ2) is 7.32. The zero-order valence-electron chi connectivity index (χ0n) is 15.9. The van der Waals surface area contributed by atoms with Gasteiger partial charge in [-0.15, -0.1) is 0 Å². The summed E-state index contributed by atoms with van der Waals surface area (Å²) in [7, 11) is -2.19. The molecule has 7 heteroatoms. The van der Waals surface area contributed by atoms with Crippen molar-refractivity contribution in [1.29, 1.82) is 0 Å². The molecule has 0 aromatic heterocycles. The number of aryl methyl sites for hydroxylation is 1. The summed E-state index contributed by atoms with van der Waals surface area (Å²) in [5, 5.41) is 0. The van der Waals surface area contributed by atoms with Crippen molar-refractivity contribution < 1.29 is 17.9 Å². The van der Waals surface area contributed by atoms with Gasteiger partial charge in [0.25, 0.3) is 0 Å². The van der Waals surface area contributed by atoms with E-state index in [1.165, 1.54) is 11.2 Å².